The Labute approximate surface area is 125 Å². The molecular weight excluding hydrogens is 265 g/mol. The fourth-order valence-corrected chi connectivity index (χ4v) is 2.46. The molecule has 1 heterocycles. The largest absolute Gasteiger partial charge is 0.323 e. The van der Waals surface area contributed by atoms with Crippen molar-refractivity contribution in [2.75, 3.05) is 6.54 Å². The predicted molar refractivity (Wildman–Crippen MR) is 83.1 cm³/mol. The molecule has 21 heavy (non-hydrogen) atoms. The van der Waals surface area contributed by atoms with Crippen molar-refractivity contribution in [2.24, 2.45) is 5.73 Å². The smallest absolute Gasteiger partial charge is 0.123 e. The first-order valence-electron chi connectivity index (χ1n) is 7.25. The maximum absolute atomic E-state index is 13.0. The highest BCUT2D eigenvalue weighted by molar-refractivity contribution is 5.21. The number of aromatic nitrogens is 1. The van der Waals surface area contributed by atoms with E-state index in [1.54, 1.807) is 24.5 Å². The highest BCUT2D eigenvalue weighted by atomic mass is 19.1. The maximum Gasteiger partial charge on any atom is 0.123 e. The van der Waals surface area contributed by atoms with Gasteiger partial charge in [0.15, 0.2) is 0 Å². The third-order valence-electron chi connectivity index (χ3n) is 3.89. The Morgan fingerprint density at radius 1 is 1.14 bits per heavy atom. The van der Waals surface area contributed by atoms with Crippen molar-refractivity contribution in [1.82, 2.24) is 9.88 Å². The Hall–Kier alpha value is -1.78. The molecule has 2 atom stereocenters. The van der Waals surface area contributed by atoms with E-state index in [4.69, 9.17) is 5.73 Å². The Bertz CT molecular complexity index is 542. The number of hydrogen-bond donors (Lipinski definition) is 1. The van der Waals surface area contributed by atoms with Crippen molar-refractivity contribution in [3.63, 3.8) is 0 Å². The number of nitrogens with zero attached hydrogens (tertiary/aromatic N) is 2. The van der Waals surface area contributed by atoms with Gasteiger partial charge in [-0.15, -0.1) is 0 Å². The summed E-state index contributed by atoms with van der Waals surface area (Å²) in [5.74, 6) is -0.234. The summed E-state index contributed by atoms with van der Waals surface area (Å²) in [5.41, 5.74) is 8.51. The van der Waals surface area contributed by atoms with Gasteiger partial charge < -0.3 is 5.73 Å². The van der Waals surface area contributed by atoms with Crippen LogP contribution in [0.3, 0.4) is 0 Å². The second-order valence-corrected chi connectivity index (χ2v) is 5.24. The fourth-order valence-electron chi connectivity index (χ4n) is 2.46. The van der Waals surface area contributed by atoms with Gasteiger partial charge >= 0.3 is 0 Å². The molecule has 0 radical (unpaired) electrons. The maximum atomic E-state index is 13.0. The second-order valence-electron chi connectivity index (χ2n) is 5.24. The fraction of sp³-hybridized carbons (Fsp3) is 0.353. The van der Waals surface area contributed by atoms with Crippen molar-refractivity contribution < 1.29 is 4.39 Å². The number of nitrogens with two attached hydrogens (primary N) is 1. The van der Waals surface area contributed by atoms with E-state index in [0.717, 1.165) is 18.7 Å². The number of rotatable bonds is 6. The van der Waals surface area contributed by atoms with Gasteiger partial charge in [-0.25, -0.2) is 4.39 Å². The minimum Gasteiger partial charge on any atom is -0.323 e. The van der Waals surface area contributed by atoms with Crippen LogP contribution in [0, 0.1) is 5.82 Å². The molecule has 1 aromatic carbocycles. The summed E-state index contributed by atoms with van der Waals surface area (Å²) in [5, 5.41) is 0. The lowest BCUT2D eigenvalue weighted by Gasteiger charge is -2.32. The monoisotopic (exact) mass is 287 g/mol. The zero-order valence-corrected chi connectivity index (χ0v) is 12.5. The van der Waals surface area contributed by atoms with E-state index < -0.39 is 0 Å². The van der Waals surface area contributed by atoms with Gasteiger partial charge in [0.2, 0.25) is 0 Å². The zero-order valence-electron chi connectivity index (χ0n) is 12.5. The molecule has 0 aliphatic heterocycles. The van der Waals surface area contributed by atoms with Gasteiger partial charge in [0.05, 0.1) is 0 Å². The molecule has 3 nitrogen and oxygen atoms in total. The average molecular weight is 287 g/mol. The summed E-state index contributed by atoms with van der Waals surface area (Å²) >= 11 is 0. The van der Waals surface area contributed by atoms with Gasteiger partial charge in [-0.05, 0) is 48.9 Å². The van der Waals surface area contributed by atoms with Crippen LogP contribution in [0.5, 0.6) is 0 Å². The molecule has 0 saturated carbocycles. The molecule has 112 valence electrons. The van der Waals surface area contributed by atoms with Crippen molar-refractivity contribution in [1.29, 1.82) is 0 Å². The molecule has 2 unspecified atom stereocenters. The number of hydrogen-bond acceptors (Lipinski definition) is 3. The average Bonchev–Trinajstić information content (AvgIpc) is 2.53. The normalized spacial score (nSPS) is 14.1. The summed E-state index contributed by atoms with van der Waals surface area (Å²) in [7, 11) is 0. The molecule has 0 aliphatic carbocycles. The lowest BCUT2D eigenvalue weighted by atomic mass is 9.99. The standard InChI is InChI=1S/C17H22FN3/c1-3-21(12-14-8-10-20-11-9-14)13(2)17(19)15-4-6-16(18)7-5-15/h4-11,13,17H,3,12,19H2,1-2H3. The van der Waals surface area contributed by atoms with Crippen LogP contribution in [-0.4, -0.2) is 22.5 Å². The van der Waals surface area contributed by atoms with Crippen LogP contribution in [-0.2, 0) is 6.54 Å². The predicted octanol–water partition coefficient (Wildman–Crippen LogP) is 3.13. The summed E-state index contributed by atoms with van der Waals surface area (Å²) < 4.78 is 13.0. The van der Waals surface area contributed by atoms with Crippen LogP contribution in [0.2, 0.25) is 0 Å². The Morgan fingerprint density at radius 2 is 1.76 bits per heavy atom. The Balaban J connectivity index is 2.08. The SMILES string of the molecule is CCN(Cc1ccncc1)C(C)C(N)c1ccc(F)cc1. The summed E-state index contributed by atoms with van der Waals surface area (Å²) in [4.78, 5) is 6.34. The van der Waals surface area contributed by atoms with Crippen LogP contribution in [0.4, 0.5) is 4.39 Å². The van der Waals surface area contributed by atoms with E-state index in [2.05, 4.69) is 23.7 Å². The van der Waals surface area contributed by atoms with Gasteiger partial charge in [0.1, 0.15) is 5.82 Å². The van der Waals surface area contributed by atoms with Crippen LogP contribution >= 0.6 is 0 Å². The lowest BCUT2D eigenvalue weighted by Crippen LogP contribution is -2.40. The van der Waals surface area contributed by atoms with Gasteiger partial charge in [0, 0.05) is 31.0 Å². The molecule has 0 bridgehead atoms. The van der Waals surface area contributed by atoms with Crippen LogP contribution in [0.15, 0.2) is 48.8 Å². The highest BCUT2D eigenvalue weighted by Crippen LogP contribution is 2.20. The summed E-state index contributed by atoms with van der Waals surface area (Å²) in [6, 6.07) is 10.5. The van der Waals surface area contributed by atoms with Gasteiger partial charge in [-0.2, -0.15) is 0 Å². The molecule has 2 N–H and O–H groups in total. The van der Waals surface area contributed by atoms with E-state index in [-0.39, 0.29) is 17.9 Å². The number of likely N-dealkylation sites (N-methyl/N-ethyl adjacent to an activating group) is 1. The molecule has 0 fully saturated rings. The van der Waals surface area contributed by atoms with Crippen molar-refractivity contribution in [3.05, 3.63) is 65.7 Å². The topological polar surface area (TPSA) is 42.2 Å². The quantitative estimate of drug-likeness (QED) is 0.887. The summed E-state index contributed by atoms with van der Waals surface area (Å²) in [6.07, 6.45) is 3.60. The lowest BCUT2D eigenvalue weighted by molar-refractivity contribution is 0.185. The number of pyridine rings is 1. The molecule has 1 aromatic heterocycles. The first kappa shape index (κ1) is 15.6. The molecule has 0 amide bonds. The van der Waals surface area contributed by atoms with E-state index in [1.807, 2.05) is 12.1 Å². The number of halogens is 1. The van der Waals surface area contributed by atoms with Crippen LogP contribution in [0.1, 0.15) is 31.0 Å². The molecule has 2 aromatic rings. The van der Waals surface area contributed by atoms with Crippen molar-refractivity contribution >= 4 is 0 Å². The van der Waals surface area contributed by atoms with E-state index in [1.165, 1.54) is 17.7 Å². The van der Waals surface area contributed by atoms with Crippen LogP contribution in [0.25, 0.3) is 0 Å². The van der Waals surface area contributed by atoms with Crippen molar-refractivity contribution in [3.8, 4) is 0 Å². The molecular formula is C17H22FN3. The van der Waals surface area contributed by atoms with E-state index >= 15 is 0 Å². The minimum absolute atomic E-state index is 0.146. The number of benzene rings is 1. The van der Waals surface area contributed by atoms with Gasteiger partial charge in [0.25, 0.3) is 0 Å². The van der Waals surface area contributed by atoms with Crippen LogP contribution < -0.4 is 5.73 Å². The molecule has 0 aliphatic rings. The first-order chi connectivity index (χ1) is 10.1. The third kappa shape index (κ3) is 4.09. The first-order valence-corrected chi connectivity index (χ1v) is 7.25. The molecule has 4 heteroatoms. The minimum atomic E-state index is -0.234. The molecule has 0 spiro atoms. The Kier molecular flexibility index (Phi) is 5.42. The van der Waals surface area contributed by atoms with Gasteiger partial charge in [-0.1, -0.05) is 19.1 Å². The second kappa shape index (κ2) is 7.29. The molecule has 2 rings (SSSR count). The Morgan fingerprint density at radius 3 is 2.33 bits per heavy atom. The summed E-state index contributed by atoms with van der Waals surface area (Å²) in [6.45, 7) is 5.96. The molecule has 0 saturated heterocycles. The third-order valence-corrected chi connectivity index (χ3v) is 3.89. The van der Waals surface area contributed by atoms with Crippen molar-refractivity contribution in [2.45, 2.75) is 32.5 Å². The van der Waals surface area contributed by atoms with E-state index in [9.17, 15) is 4.39 Å². The zero-order chi connectivity index (χ0) is 15.2. The highest BCUT2D eigenvalue weighted by Gasteiger charge is 2.21. The van der Waals surface area contributed by atoms with Gasteiger partial charge in [-0.3, -0.25) is 9.88 Å². The van der Waals surface area contributed by atoms with E-state index in [0.29, 0.717) is 0 Å².